The number of hydrogen-bond acceptors (Lipinski definition) is 3. The summed E-state index contributed by atoms with van der Waals surface area (Å²) in [5, 5.41) is 0. The molecule has 0 fully saturated rings. The van der Waals surface area contributed by atoms with Crippen LogP contribution in [0.4, 0.5) is 13.2 Å². The second-order valence-electron chi connectivity index (χ2n) is 5.41. The number of halogens is 3. The van der Waals surface area contributed by atoms with Crippen molar-refractivity contribution >= 4 is 16.8 Å². The predicted octanol–water partition coefficient (Wildman–Crippen LogP) is 3.54. The van der Waals surface area contributed by atoms with Crippen LogP contribution in [0.2, 0.25) is 0 Å². The van der Waals surface area contributed by atoms with E-state index < -0.39 is 34.1 Å². The smallest absolute Gasteiger partial charge is 0.416 e. The molecule has 7 heteroatoms. The van der Waals surface area contributed by atoms with E-state index in [0.717, 1.165) is 12.1 Å². The summed E-state index contributed by atoms with van der Waals surface area (Å²) in [7, 11) is -1.68. The number of carbonyl (C=O) groups excluding carboxylic acids is 1. The summed E-state index contributed by atoms with van der Waals surface area (Å²) in [6.07, 6.45) is -4.59. The van der Waals surface area contributed by atoms with Gasteiger partial charge in [-0.3, -0.25) is 9.00 Å². The highest BCUT2D eigenvalue weighted by atomic mass is 32.2. The Morgan fingerprint density at radius 1 is 1.24 bits per heavy atom. The van der Waals surface area contributed by atoms with Crippen LogP contribution in [0.1, 0.15) is 32.8 Å². The van der Waals surface area contributed by atoms with Crippen molar-refractivity contribution in [3.8, 4) is 0 Å². The fraction of sp³-hybridized carbons (Fsp3) is 0.500. The molecule has 0 aromatic heterocycles. The minimum atomic E-state index is -4.48. The quantitative estimate of drug-likeness (QED) is 0.796. The van der Waals surface area contributed by atoms with E-state index >= 15 is 0 Å². The summed E-state index contributed by atoms with van der Waals surface area (Å²) in [5.41, 5.74) is -1.50. The van der Waals surface area contributed by atoms with Crippen molar-refractivity contribution in [2.45, 2.75) is 43.9 Å². The van der Waals surface area contributed by atoms with Crippen LogP contribution in [0.25, 0.3) is 0 Å². The standard InChI is InChI=1S/C14H17F3O3S/c1-13(2,3)20-12(18)7-8-21(19)11-6-4-5-10(9-11)14(15,16)17/h4-6,9H,7-8H2,1-3H3. The van der Waals surface area contributed by atoms with E-state index in [-0.39, 0.29) is 17.1 Å². The molecule has 118 valence electrons. The summed E-state index contributed by atoms with van der Waals surface area (Å²) >= 11 is 0. The SMILES string of the molecule is CC(C)(C)OC(=O)CCS(=O)c1cccc(C(F)(F)F)c1. The molecule has 0 aliphatic heterocycles. The number of alkyl halides is 3. The van der Waals surface area contributed by atoms with Crippen molar-refractivity contribution in [2.24, 2.45) is 0 Å². The van der Waals surface area contributed by atoms with Crippen LogP contribution >= 0.6 is 0 Å². The van der Waals surface area contributed by atoms with Crippen molar-refractivity contribution in [3.05, 3.63) is 29.8 Å². The highest BCUT2D eigenvalue weighted by molar-refractivity contribution is 7.85. The second-order valence-corrected chi connectivity index (χ2v) is 6.98. The minimum Gasteiger partial charge on any atom is -0.460 e. The Bertz CT molecular complexity index is 533. The largest absolute Gasteiger partial charge is 0.460 e. The van der Waals surface area contributed by atoms with Crippen molar-refractivity contribution in [2.75, 3.05) is 5.75 Å². The van der Waals surface area contributed by atoms with Crippen LogP contribution in [-0.4, -0.2) is 21.5 Å². The van der Waals surface area contributed by atoms with E-state index in [1.807, 2.05) is 0 Å². The van der Waals surface area contributed by atoms with E-state index in [4.69, 9.17) is 4.74 Å². The maximum absolute atomic E-state index is 12.6. The lowest BCUT2D eigenvalue weighted by Crippen LogP contribution is -2.24. The van der Waals surface area contributed by atoms with E-state index in [2.05, 4.69) is 0 Å². The van der Waals surface area contributed by atoms with Crippen LogP contribution in [0.15, 0.2) is 29.2 Å². The molecular weight excluding hydrogens is 305 g/mol. The van der Waals surface area contributed by atoms with Gasteiger partial charge in [0.25, 0.3) is 0 Å². The van der Waals surface area contributed by atoms with Gasteiger partial charge >= 0.3 is 12.1 Å². The molecule has 0 saturated carbocycles. The molecule has 1 aromatic rings. The van der Waals surface area contributed by atoms with Crippen molar-refractivity contribution in [1.29, 1.82) is 0 Å². The lowest BCUT2D eigenvalue weighted by atomic mass is 10.2. The zero-order chi connectivity index (χ0) is 16.3. The summed E-state index contributed by atoms with van der Waals surface area (Å²) in [5.74, 6) is -0.598. The fourth-order valence-corrected chi connectivity index (χ4v) is 2.58. The van der Waals surface area contributed by atoms with Crippen LogP contribution in [0, 0.1) is 0 Å². The van der Waals surface area contributed by atoms with Gasteiger partial charge in [0, 0.05) is 10.6 Å². The van der Waals surface area contributed by atoms with Gasteiger partial charge in [0.05, 0.1) is 22.8 Å². The molecule has 1 aromatic carbocycles. The summed E-state index contributed by atoms with van der Waals surface area (Å²) in [4.78, 5) is 11.5. The topological polar surface area (TPSA) is 43.4 Å². The molecule has 0 radical (unpaired) electrons. The highest BCUT2D eigenvalue weighted by Gasteiger charge is 2.30. The number of ether oxygens (including phenoxy) is 1. The van der Waals surface area contributed by atoms with Gasteiger partial charge < -0.3 is 4.74 Å². The third kappa shape index (κ3) is 6.29. The fourth-order valence-electron chi connectivity index (χ4n) is 1.50. The molecule has 0 aliphatic carbocycles. The summed E-state index contributed by atoms with van der Waals surface area (Å²) in [6, 6.07) is 4.30. The van der Waals surface area contributed by atoms with Gasteiger partial charge in [-0.15, -0.1) is 0 Å². The lowest BCUT2D eigenvalue weighted by Gasteiger charge is -2.19. The first kappa shape index (κ1) is 17.7. The summed E-state index contributed by atoms with van der Waals surface area (Å²) in [6.45, 7) is 5.11. The van der Waals surface area contributed by atoms with E-state index in [1.54, 1.807) is 20.8 Å². The number of rotatable bonds is 4. The van der Waals surface area contributed by atoms with Gasteiger partial charge in [-0.25, -0.2) is 0 Å². The van der Waals surface area contributed by atoms with Crippen LogP contribution < -0.4 is 0 Å². The number of hydrogen-bond donors (Lipinski definition) is 0. The van der Waals surface area contributed by atoms with E-state index in [0.29, 0.717) is 0 Å². The van der Waals surface area contributed by atoms with Gasteiger partial charge in [-0.2, -0.15) is 13.2 Å². The van der Waals surface area contributed by atoms with Crippen LogP contribution in [-0.2, 0) is 26.5 Å². The van der Waals surface area contributed by atoms with E-state index in [1.165, 1.54) is 12.1 Å². The Hall–Kier alpha value is -1.37. The monoisotopic (exact) mass is 322 g/mol. The van der Waals surface area contributed by atoms with Gasteiger partial charge in [0.1, 0.15) is 5.60 Å². The molecule has 0 bridgehead atoms. The molecule has 1 atom stereocenters. The van der Waals surface area contributed by atoms with E-state index in [9.17, 15) is 22.2 Å². The average Bonchev–Trinajstić information content (AvgIpc) is 2.33. The van der Waals surface area contributed by atoms with Crippen molar-refractivity contribution < 1.29 is 26.9 Å². The highest BCUT2D eigenvalue weighted by Crippen LogP contribution is 2.30. The second kappa shape index (κ2) is 6.60. The Morgan fingerprint density at radius 3 is 2.38 bits per heavy atom. The molecule has 1 unspecified atom stereocenters. The maximum Gasteiger partial charge on any atom is 0.416 e. The molecule has 21 heavy (non-hydrogen) atoms. The van der Waals surface area contributed by atoms with Gasteiger partial charge in [-0.05, 0) is 39.0 Å². The maximum atomic E-state index is 12.6. The first-order chi connectivity index (χ1) is 9.49. The zero-order valence-electron chi connectivity index (χ0n) is 12.0. The van der Waals surface area contributed by atoms with Gasteiger partial charge in [-0.1, -0.05) is 6.07 Å². The van der Waals surface area contributed by atoms with Crippen molar-refractivity contribution in [1.82, 2.24) is 0 Å². The Balaban J connectivity index is 2.67. The molecule has 0 aliphatic rings. The molecule has 3 nitrogen and oxygen atoms in total. The lowest BCUT2D eigenvalue weighted by molar-refractivity contribution is -0.154. The Labute approximate surface area is 123 Å². The van der Waals surface area contributed by atoms with Crippen molar-refractivity contribution in [3.63, 3.8) is 0 Å². The average molecular weight is 322 g/mol. The first-order valence-corrected chi connectivity index (χ1v) is 7.58. The molecule has 0 N–H and O–H groups in total. The molecule has 0 saturated heterocycles. The zero-order valence-corrected chi connectivity index (χ0v) is 12.8. The summed E-state index contributed by atoms with van der Waals surface area (Å²) < 4.78 is 54.7. The third-order valence-corrected chi connectivity index (χ3v) is 3.69. The molecule has 0 amide bonds. The predicted molar refractivity (Wildman–Crippen MR) is 73.2 cm³/mol. The Kier molecular flexibility index (Phi) is 5.55. The number of esters is 1. The molecular formula is C14H17F3O3S. The van der Waals surface area contributed by atoms with Crippen LogP contribution in [0.5, 0.6) is 0 Å². The van der Waals surface area contributed by atoms with Crippen LogP contribution in [0.3, 0.4) is 0 Å². The van der Waals surface area contributed by atoms with Gasteiger partial charge in [0.15, 0.2) is 0 Å². The minimum absolute atomic E-state index is 0.0494. The normalized spacial score (nSPS) is 13.8. The Morgan fingerprint density at radius 2 is 1.86 bits per heavy atom. The number of carbonyl (C=O) groups is 1. The molecule has 0 spiro atoms. The van der Waals surface area contributed by atoms with Gasteiger partial charge in [0.2, 0.25) is 0 Å². The first-order valence-electron chi connectivity index (χ1n) is 6.26. The number of benzene rings is 1. The third-order valence-electron chi connectivity index (χ3n) is 2.34. The molecule has 0 heterocycles. The molecule has 1 rings (SSSR count).